The SMILES string of the molecule is CCC(O)(c1ccccc1)S1(N(C)C)C=CC(c2ccccc2)=C1. The third-order valence-corrected chi connectivity index (χ3v) is 8.70. The van der Waals surface area contributed by atoms with Crippen molar-refractivity contribution in [2.75, 3.05) is 14.1 Å². The summed E-state index contributed by atoms with van der Waals surface area (Å²) in [5.74, 6) is 0. The van der Waals surface area contributed by atoms with E-state index < -0.39 is 15.1 Å². The van der Waals surface area contributed by atoms with Crippen LogP contribution >= 0.6 is 10.2 Å². The minimum absolute atomic E-state index is 0.660. The highest BCUT2D eigenvalue weighted by atomic mass is 32.3. The van der Waals surface area contributed by atoms with Crippen molar-refractivity contribution in [2.45, 2.75) is 18.3 Å². The van der Waals surface area contributed by atoms with Crippen LogP contribution in [0.3, 0.4) is 0 Å². The highest BCUT2D eigenvalue weighted by molar-refractivity contribution is 8.37. The number of aliphatic hydroxyl groups is 1. The fraction of sp³-hybridized carbons (Fsp3) is 0.238. The molecule has 0 aliphatic carbocycles. The Kier molecular flexibility index (Phi) is 4.68. The van der Waals surface area contributed by atoms with Crippen LogP contribution in [0.5, 0.6) is 0 Å². The Morgan fingerprint density at radius 2 is 1.54 bits per heavy atom. The molecule has 2 atom stereocenters. The molecule has 2 aromatic carbocycles. The largest absolute Gasteiger partial charge is 0.375 e. The second-order valence-corrected chi connectivity index (χ2v) is 9.49. The Morgan fingerprint density at radius 3 is 2.08 bits per heavy atom. The number of allylic oxidation sites excluding steroid dienone is 2. The normalized spacial score (nSPS) is 25.1. The van der Waals surface area contributed by atoms with Crippen molar-refractivity contribution < 1.29 is 5.11 Å². The van der Waals surface area contributed by atoms with Crippen molar-refractivity contribution in [1.29, 1.82) is 0 Å². The van der Waals surface area contributed by atoms with Crippen LogP contribution in [-0.4, -0.2) is 23.5 Å². The number of hydrogen-bond donors (Lipinski definition) is 1. The maximum Gasteiger partial charge on any atom is 0.138 e. The van der Waals surface area contributed by atoms with E-state index in [1.54, 1.807) is 0 Å². The number of nitrogens with zero attached hydrogens (tertiary/aromatic N) is 1. The van der Waals surface area contributed by atoms with E-state index in [9.17, 15) is 5.11 Å². The predicted octanol–water partition coefficient (Wildman–Crippen LogP) is 5.09. The van der Waals surface area contributed by atoms with Gasteiger partial charge in [-0.1, -0.05) is 67.6 Å². The van der Waals surface area contributed by atoms with E-state index in [1.165, 1.54) is 11.1 Å². The minimum Gasteiger partial charge on any atom is -0.375 e. The molecule has 126 valence electrons. The number of benzene rings is 2. The van der Waals surface area contributed by atoms with Crippen LogP contribution in [0.1, 0.15) is 24.5 Å². The van der Waals surface area contributed by atoms with Crippen molar-refractivity contribution in [1.82, 2.24) is 4.31 Å². The van der Waals surface area contributed by atoms with Gasteiger partial charge in [0.2, 0.25) is 0 Å². The molecule has 0 saturated heterocycles. The number of hydrogen-bond acceptors (Lipinski definition) is 2. The molecule has 3 heteroatoms. The lowest BCUT2D eigenvalue weighted by Gasteiger charge is -2.51. The van der Waals surface area contributed by atoms with E-state index in [-0.39, 0.29) is 0 Å². The molecule has 0 spiro atoms. The molecule has 1 aliphatic heterocycles. The third-order valence-electron chi connectivity index (χ3n) is 4.72. The van der Waals surface area contributed by atoms with E-state index in [4.69, 9.17) is 0 Å². The van der Waals surface area contributed by atoms with E-state index in [1.807, 2.05) is 36.4 Å². The Balaban J connectivity index is 2.14. The summed E-state index contributed by atoms with van der Waals surface area (Å²) >= 11 is 0. The first kappa shape index (κ1) is 17.0. The van der Waals surface area contributed by atoms with Gasteiger partial charge < -0.3 is 5.11 Å². The molecular weight excluding hydrogens is 314 g/mol. The molecule has 0 fully saturated rings. The Hall–Kier alpha value is -1.81. The molecule has 0 amide bonds. The molecule has 0 bridgehead atoms. The fourth-order valence-corrected chi connectivity index (χ4v) is 6.79. The Bertz CT molecular complexity index is 754. The summed E-state index contributed by atoms with van der Waals surface area (Å²) in [6.07, 6.45) is 2.82. The van der Waals surface area contributed by atoms with Gasteiger partial charge >= 0.3 is 0 Å². The highest BCUT2D eigenvalue weighted by Crippen LogP contribution is 2.70. The van der Waals surface area contributed by atoms with Crippen molar-refractivity contribution in [3.05, 3.63) is 88.7 Å². The van der Waals surface area contributed by atoms with Crippen LogP contribution in [0.2, 0.25) is 0 Å². The first-order valence-electron chi connectivity index (χ1n) is 8.27. The molecule has 2 aromatic rings. The summed E-state index contributed by atoms with van der Waals surface area (Å²) in [6, 6.07) is 20.4. The van der Waals surface area contributed by atoms with E-state index >= 15 is 0 Å². The fourth-order valence-electron chi connectivity index (χ4n) is 3.31. The molecule has 0 saturated carbocycles. The average Bonchev–Trinajstić information content (AvgIpc) is 3.10. The standard InChI is InChI=1S/C21H25NOS/c1-4-21(23,20-13-9-6-10-14-20)24(22(2)3)16-15-19(17-24)18-11-7-5-8-12-18/h5-17,23H,4H2,1-3H3. The van der Waals surface area contributed by atoms with Gasteiger partial charge in [0, 0.05) is 0 Å². The summed E-state index contributed by atoms with van der Waals surface area (Å²) in [5, 5.41) is 16.3. The molecule has 0 aromatic heterocycles. The first-order valence-corrected chi connectivity index (χ1v) is 9.99. The molecule has 3 rings (SSSR count). The van der Waals surface area contributed by atoms with Crippen molar-refractivity contribution in [2.24, 2.45) is 0 Å². The Labute approximate surface area is 146 Å². The summed E-state index contributed by atoms with van der Waals surface area (Å²) in [5.41, 5.74) is 3.35. The molecule has 0 radical (unpaired) electrons. The van der Waals surface area contributed by atoms with Gasteiger partial charge in [-0.05, 0) is 54.1 Å². The van der Waals surface area contributed by atoms with E-state index in [2.05, 4.69) is 66.5 Å². The minimum atomic E-state index is -1.67. The van der Waals surface area contributed by atoms with Gasteiger partial charge in [0.25, 0.3) is 0 Å². The van der Waals surface area contributed by atoms with Crippen molar-refractivity contribution in [3.8, 4) is 0 Å². The predicted molar refractivity (Wildman–Crippen MR) is 105 cm³/mol. The lowest BCUT2D eigenvalue weighted by molar-refractivity contribution is 0.125. The first-order chi connectivity index (χ1) is 11.5. The van der Waals surface area contributed by atoms with E-state index in [0.717, 1.165) is 5.56 Å². The van der Waals surface area contributed by atoms with Gasteiger partial charge in [-0.25, -0.2) is 0 Å². The molecule has 2 nitrogen and oxygen atoms in total. The van der Waals surface area contributed by atoms with Crippen LogP contribution in [0.25, 0.3) is 5.57 Å². The van der Waals surface area contributed by atoms with E-state index in [0.29, 0.717) is 6.42 Å². The Morgan fingerprint density at radius 1 is 0.958 bits per heavy atom. The zero-order valence-corrected chi connectivity index (χ0v) is 15.3. The van der Waals surface area contributed by atoms with Crippen LogP contribution in [0, 0.1) is 0 Å². The smallest absolute Gasteiger partial charge is 0.138 e. The summed E-state index contributed by atoms with van der Waals surface area (Å²) < 4.78 is 2.19. The van der Waals surface area contributed by atoms with Gasteiger partial charge in [0.1, 0.15) is 4.93 Å². The molecule has 2 unspecified atom stereocenters. The van der Waals surface area contributed by atoms with Gasteiger partial charge in [-0.15, -0.1) is 10.2 Å². The van der Waals surface area contributed by atoms with Gasteiger partial charge in [0.15, 0.2) is 0 Å². The monoisotopic (exact) mass is 339 g/mol. The van der Waals surface area contributed by atoms with Crippen LogP contribution in [-0.2, 0) is 4.93 Å². The number of rotatable bonds is 5. The van der Waals surface area contributed by atoms with Gasteiger partial charge in [-0.3, -0.25) is 4.31 Å². The van der Waals surface area contributed by atoms with Crippen LogP contribution in [0.15, 0.2) is 77.6 Å². The topological polar surface area (TPSA) is 23.5 Å². The van der Waals surface area contributed by atoms with Crippen molar-refractivity contribution >= 4 is 15.8 Å². The molecule has 1 N–H and O–H groups in total. The molecular formula is C21H25NOS. The summed E-state index contributed by atoms with van der Waals surface area (Å²) in [4.78, 5) is -0.912. The average molecular weight is 340 g/mol. The summed E-state index contributed by atoms with van der Waals surface area (Å²) in [7, 11) is 2.45. The molecule has 1 heterocycles. The lowest BCUT2D eigenvalue weighted by atomic mass is 10.1. The summed E-state index contributed by atoms with van der Waals surface area (Å²) in [6.45, 7) is 2.06. The second kappa shape index (κ2) is 6.60. The maximum absolute atomic E-state index is 11.8. The zero-order valence-electron chi connectivity index (χ0n) is 14.5. The van der Waals surface area contributed by atoms with Crippen molar-refractivity contribution in [3.63, 3.8) is 0 Å². The zero-order chi connectivity index (χ0) is 17.2. The van der Waals surface area contributed by atoms with Gasteiger partial charge in [0.05, 0.1) is 0 Å². The van der Waals surface area contributed by atoms with Crippen LogP contribution in [0.4, 0.5) is 0 Å². The quantitative estimate of drug-likeness (QED) is 0.820. The van der Waals surface area contributed by atoms with Gasteiger partial charge in [-0.2, -0.15) is 0 Å². The third kappa shape index (κ3) is 2.63. The van der Waals surface area contributed by atoms with Crippen LogP contribution < -0.4 is 0 Å². The maximum atomic E-state index is 11.8. The lowest BCUT2D eigenvalue weighted by Crippen LogP contribution is -2.36. The molecule has 24 heavy (non-hydrogen) atoms. The molecule has 1 aliphatic rings. The highest BCUT2D eigenvalue weighted by Gasteiger charge is 2.46. The second-order valence-electron chi connectivity index (χ2n) is 6.23.